The number of benzene rings is 1. The Labute approximate surface area is 216 Å². The van der Waals surface area contributed by atoms with Crippen LogP contribution in [0.25, 0.3) is 0 Å². The van der Waals surface area contributed by atoms with Crippen LogP contribution in [-0.2, 0) is 35.4 Å². The van der Waals surface area contributed by atoms with Crippen molar-refractivity contribution in [1.82, 2.24) is 20.4 Å². The highest BCUT2D eigenvalue weighted by Gasteiger charge is 2.61. The lowest BCUT2D eigenvalue weighted by atomic mass is 9.49. The molecule has 1 fully saturated rings. The van der Waals surface area contributed by atoms with Crippen molar-refractivity contribution in [1.29, 1.82) is 0 Å². The molecule has 3 aromatic rings. The second-order valence-electron chi connectivity index (χ2n) is 10.6. The summed E-state index contributed by atoms with van der Waals surface area (Å²) in [5.74, 6) is 1.48. The SMILES string of the molecule is CC[C@@]12CC(C)(O)C(O)(c3ccccn3)C[C@H]1CCc1cc(OCc3noc(CNC(C)=O)n3)ccc12. The Morgan fingerprint density at radius 2 is 2.11 bits per heavy atom. The topological polar surface area (TPSA) is 131 Å². The molecule has 2 aliphatic rings. The van der Waals surface area contributed by atoms with Crippen molar-refractivity contribution in [2.45, 2.75) is 82.6 Å². The van der Waals surface area contributed by atoms with Crippen LogP contribution in [0.15, 0.2) is 47.1 Å². The number of pyridine rings is 1. The summed E-state index contributed by atoms with van der Waals surface area (Å²) in [4.78, 5) is 19.7. The van der Waals surface area contributed by atoms with Gasteiger partial charge in [-0.05, 0) is 80.3 Å². The molecule has 4 atom stereocenters. The van der Waals surface area contributed by atoms with E-state index in [-0.39, 0.29) is 30.4 Å². The summed E-state index contributed by atoms with van der Waals surface area (Å²) in [7, 11) is 0. The maximum Gasteiger partial charge on any atom is 0.246 e. The first-order valence-corrected chi connectivity index (χ1v) is 12.9. The summed E-state index contributed by atoms with van der Waals surface area (Å²) in [5.41, 5.74) is -0.0375. The molecule has 9 nitrogen and oxygen atoms in total. The number of aromatic nitrogens is 3. The second kappa shape index (κ2) is 9.54. The Hall–Kier alpha value is -3.30. The number of hydrogen-bond donors (Lipinski definition) is 3. The number of ether oxygens (including phenoxy) is 1. The van der Waals surface area contributed by atoms with Gasteiger partial charge in [0.1, 0.15) is 11.4 Å². The Kier molecular flexibility index (Phi) is 6.53. The van der Waals surface area contributed by atoms with Gasteiger partial charge in [0.2, 0.25) is 17.6 Å². The standard InChI is InChI=1S/C28H34N4O5/c1-4-27-17-26(3,34)28(35,23-7-5-6-12-29-23)14-20(27)9-8-19-13-21(10-11-22(19)27)36-16-24-31-25(37-32-24)15-30-18(2)33/h5-7,10-13,20,34-35H,4,8-9,14-17H2,1-3H3,(H,30,33)/t20-,26?,27-,28?/m1/s1. The van der Waals surface area contributed by atoms with E-state index in [1.807, 2.05) is 18.2 Å². The number of carbonyl (C=O) groups excluding carboxylic acids is 1. The van der Waals surface area contributed by atoms with Gasteiger partial charge >= 0.3 is 0 Å². The second-order valence-corrected chi connectivity index (χ2v) is 10.6. The summed E-state index contributed by atoms with van der Waals surface area (Å²) in [6.07, 6.45) is 5.21. The monoisotopic (exact) mass is 506 g/mol. The van der Waals surface area contributed by atoms with Gasteiger partial charge < -0.3 is 24.8 Å². The van der Waals surface area contributed by atoms with Crippen molar-refractivity contribution in [3.05, 3.63) is 71.1 Å². The van der Waals surface area contributed by atoms with E-state index < -0.39 is 11.2 Å². The highest BCUT2D eigenvalue weighted by atomic mass is 16.5. The predicted octanol–water partition coefficient (Wildman–Crippen LogP) is 3.32. The summed E-state index contributed by atoms with van der Waals surface area (Å²) >= 11 is 0. The zero-order valence-corrected chi connectivity index (χ0v) is 21.5. The molecule has 1 saturated carbocycles. The molecular formula is C28H34N4O5. The molecule has 1 amide bonds. The number of nitrogens with zero attached hydrogens (tertiary/aromatic N) is 3. The number of aliphatic hydroxyl groups is 2. The third kappa shape index (κ3) is 4.51. The average Bonchev–Trinajstić information content (AvgIpc) is 3.35. The van der Waals surface area contributed by atoms with Gasteiger partial charge in [-0.25, -0.2) is 0 Å². The van der Waals surface area contributed by atoms with Crippen molar-refractivity contribution in [3.8, 4) is 5.75 Å². The molecule has 196 valence electrons. The fourth-order valence-electron chi connectivity index (χ4n) is 6.41. The van der Waals surface area contributed by atoms with E-state index in [1.54, 1.807) is 19.2 Å². The van der Waals surface area contributed by atoms with E-state index >= 15 is 0 Å². The predicted molar refractivity (Wildman–Crippen MR) is 134 cm³/mol. The number of rotatable bonds is 7. The van der Waals surface area contributed by atoms with Gasteiger partial charge in [0.05, 0.1) is 17.8 Å². The number of amides is 1. The molecule has 0 bridgehead atoms. The smallest absolute Gasteiger partial charge is 0.246 e. The third-order valence-corrected chi connectivity index (χ3v) is 8.34. The Balaban J connectivity index is 1.36. The van der Waals surface area contributed by atoms with Gasteiger partial charge in [-0.15, -0.1) is 0 Å². The van der Waals surface area contributed by atoms with Crippen molar-refractivity contribution in [2.75, 3.05) is 0 Å². The fraction of sp³-hybridized carbons (Fsp3) is 0.500. The van der Waals surface area contributed by atoms with Crippen LogP contribution in [0.5, 0.6) is 5.75 Å². The van der Waals surface area contributed by atoms with Crippen molar-refractivity contribution < 1.29 is 24.3 Å². The minimum Gasteiger partial charge on any atom is -0.485 e. The molecule has 2 aliphatic carbocycles. The maximum atomic E-state index is 11.8. The minimum absolute atomic E-state index is 0.149. The van der Waals surface area contributed by atoms with Gasteiger partial charge in [-0.3, -0.25) is 9.78 Å². The number of carbonyl (C=O) groups is 1. The van der Waals surface area contributed by atoms with E-state index in [0.717, 1.165) is 19.3 Å². The molecular weight excluding hydrogens is 472 g/mol. The van der Waals surface area contributed by atoms with Crippen LogP contribution in [0.3, 0.4) is 0 Å². The lowest BCUT2D eigenvalue weighted by Gasteiger charge is -2.58. The normalized spacial score (nSPS) is 28.7. The van der Waals surface area contributed by atoms with Crippen LogP contribution >= 0.6 is 0 Å². The van der Waals surface area contributed by atoms with Gasteiger partial charge in [0.15, 0.2) is 6.61 Å². The zero-order chi connectivity index (χ0) is 26.3. The lowest BCUT2D eigenvalue weighted by Crippen LogP contribution is -2.62. The van der Waals surface area contributed by atoms with Gasteiger partial charge in [-0.1, -0.05) is 24.2 Å². The molecule has 3 N–H and O–H groups in total. The summed E-state index contributed by atoms with van der Waals surface area (Å²) in [5, 5.41) is 30.0. The third-order valence-electron chi connectivity index (χ3n) is 8.34. The van der Waals surface area contributed by atoms with Crippen molar-refractivity contribution in [2.24, 2.45) is 5.92 Å². The van der Waals surface area contributed by atoms with E-state index in [2.05, 4.69) is 39.5 Å². The van der Waals surface area contributed by atoms with Crippen LogP contribution < -0.4 is 10.1 Å². The quantitative estimate of drug-likeness (QED) is 0.445. The Bertz CT molecular complexity index is 1280. The Morgan fingerprint density at radius 1 is 1.27 bits per heavy atom. The van der Waals surface area contributed by atoms with Crippen LogP contribution in [0.1, 0.15) is 75.0 Å². The maximum absolute atomic E-state index is 11.8. The van der Waals surface area contributed by atoms with Crippen molar-refractivity contribution in [3.63, 3.8) is 0 Å². The fourth-order valence-corrected chi connectivity index (χ4v) is 6.41. The zero-order valence-electron chi connectivity index (χ0n) is 21.5. The largest absolute Gasteiger partial charge is 0.485 e. The first-order chi connectivity index (χ1) is 17.7. The summed E-state index contributed by atoms with van der Waals surface area (Å²) in [6.45, 7) is 5.67. The minimum atomic E-state index is -1.40. The number of hydrogen-bond acceptors (Lipinski definition) is 8. The van der Waals surface area contributed by atoms with Gasteiger partial charge in [-0.2, -0.15) is 4.98 Å². The molecule has 0 saturated heterocycles. The molecule has 5 rings (SSSR count). The van der Waals surface area contributed by atoms with Crippen LogP contribution in [0.2, 0.25) is 0 Å². The highest BCUT2D eigenvalue weighted by Crippen LogP contribution is 2.59. The number of fused-ring (bicyclic) bond motifs is 3. The van der Waals surface area contributed by atoms with Crippen molar-refractivity contribution >= 4 is 5.91 Å². The van der Waals surface area contributed by atoms with E-state index in [1.165, 1.54) is 18.1 Å². The van der Waals surface area contributed by atoms with Crippen LogP contribution in [0.4, 0.5) is 0 Å². The highest BCUT2D eigenvalue weighted by molar-refractivity contribution is 5.72. The lowest BCUT2D eigenvalue weighted by molar-refractivity contribution is -0.207. The average molecular weight is 507 g/mol. The van der Waals surface area contributed by atoms with E-state index in [0.29, 0.717) is 36.0 Å². The van der Waals surface area contributed by atoms with Crippen LogP contribution in [0, 0.1) is 5.92 Å². The molecule has 1 aromatic carbocycles. The van der Waals surface area contributed by atoms with Crippen LogP contribution in [-0.4, -0.2) is 36.8 Å². The van der Waals surface area contributed by atoms with Gasteiger partial charge in [0, 0.05) is 18.5 Å². The number of aryl methyl sites for hydroxylation is 1. The van der Waals surface area contributed by atoms with E-state index in [4.69, 9.17) is 9.26 Å². The Morgan fingerprint density at radius 3 is 2.84 bits per heavy atom. The summed E-state index contributed by atoms with van der Waals surface area (Å²) < 4.78 is 11.1. The number of nitrogens with one attached hydrogen (secondary N) is 1. The molecule has 2 unspecified atom stereocenters. The molecule has 0 spiro atoms. The first kappa shape index (κ1) is 25.4. The molecule has 0 radical (unpaired) electrons. The molecule has 37 heavy (non-hydrogen) atoms. The molecule has 0 aliphatic heterocycles. The first-order valence-electron chi connectivity index (χ1n) is 12.9. The molecule has 2 heterocycles. The molecule has 9 heteroatoms. The summed E-state index contributed by atoms with van der Waals surface area (Å²) in [6, 6.07) is 11.6. The van der Waals surface area contributed by atoms with Gasteiger partial charge in [0.25, 0.3) is 0 Å². The van der Waals surface area contributed by atoms with E-state index in [9.17, 15) is 15.0 Å². The molecule has 2 aromatic heterocycles.